The summed E-state index contributed by atoms with van der Waals surface area (Å²) in [6.45, 7) is 1.29. The minimum Gasteiger partial charge on any atom is -0.392 e. The van der Waals surface area contributed by atoms with Crippen LogP contribution in [0.1, 0.15) is 23.1 Å². The smallest absolute Gasteiger partial charge is 0.0975 e. The average Bonchev–Trinajstić information content (AvgIpc) is 2.79. The third-order valence-corrected chi connectivity index (χ3v) is 5.88. The summed E-state index contributed by atoms with van der Waals surface area (Å²) in [4.78, 5) is 2.43. The molecule has 3 aromatic carbocycles. The summed E-state index contributed by atoms with van der Waals surface area (Å²) < 4.78 is 0. The van der Waals surface area contributed by atoms with Crippen LogP contribution in [0.15, 0.2) is 103 Å². The van der Waals surface area contributed by atoms with Gasteiger partial charge in [-0.25, -0.2) is 0 Å². The molecule has 1 aliphatic heterocycles. The van der Waals surface area contributed by atoms with Crippen LogP contribution in [0.25, 0.3) is 0 Å². The number of piperidine rings is 1. The molecule has 3 aromatic rings. The molecule has 1 fully saturated rings. The van der Waals surface area contributed by atoms with Crippen molar-refractivity contribution in [2.45, 2.75) is 18.1 Å². The molecule has 29 heavy (non-hydrogen) atoms. The van der Waals surface area contributed by atoms with Crippen LogP contribution in [0.3, 0.4) is 0 Å². The van der Waals surface area contributed by atoms with Crippen molar-refractivity contribution in [1.82, 2.24) is 4.90 Å². The zero-order valence-corrected chi connectivity index (χ0v) is 16.5. The van der Waals surface area contributed by atoms with E-state index in [0.717, 1.165) is 12.1 Å². The van der Waals surface area contributed by atoms with E-state index in [9.17, 15) is 10.2 Å². The van der Waals surface area contributed by atoms with Gasteiger partial charge in [0.15, 0.2) is 0 Å². The third kappa shape index (κ3) is 3.65. The van der Waals surface area contributed by atoms with E-state index >= 15 is 0 Å². The Bertz CT molecular complexity index is 842. The van der Waals surface area contributed by atoms with E-state index < -0.39 is 11.6 Å². The van der Waals surface area contributed by atoms with Crippen molar-refractivity contribution >= 4 is 0 Å². The van der Waals surface area contributed by atoms with Gasteiger partial charge in [0.25, 0.3) is 0 Å². The molecule has 1 saturated heterocycles. The lowest BCUT2D eigenvalue weighted by molar-refractivity contribution is 0.0852. The molecule has 0 aliphatic carbocycles. The summed E-state index contributed by atoms with van der Waals surface area (Å²) in [5.74, 6) is 0. The molecule has 0 saturated carbocycles. The first kappa shape index (κ1) is 19.6. The minimum atomic E-state index is -0.501. The van der Waals surface area contributed by atoms with Gasteiger partial charge in [-0.2, -0.15) is 0 Å². The first-order valence-electron chi connectivity index (χ1n) is 10.2. The van der Waals surface area contributed by atoms with Gasteiger partial charge in [0.1, 0.15) is 0 Å². The summed E-state index contributed by atoms with van der Waals surface area (Å²) in [6, 6.07) is 31.7. The quantitative estimate of drug-likeness (QED) is 0.516. The number of hydrogen-bond acceptors (Lipinski definition) is 3. The van der Waals surface area contributed by atoms with Crippen molar-refractivity contribution in [3.8, 4) is 0 Å². The highest BCUT2D eigenvalue weighted by molar-refractivity contribution is 5.50. The van der Waals surface area contributed by atoms with E-state index in [4.69, 9.17) is 0 Å². The topological polar surface area (TPSA) is 43.7 Å². The van der Waals surface area contributed by atoms with Crippen LogP contribution in [0.5, 0.6) is 0 Å². The predicted octanol–water partition coefficient (Wildman–Crippen LogP) is 3.96. The molecule has 0 spiro atoms. The van der Waals surface area contributed by atoms with Gasteiger partial charge < -0.3 is 10.2 Å². The molecule has 1 unspecified atom stereocenters. The summed E-state index contributed by atoms with van der Waals surface area (Å²) >= 11 is 0. The van der Waals surface area contributed by atoms with Gasteiger partial charge in [-0.3, -0.25) is 4.90 Å². The molecule has 0 radical (unpaired) electrons. The van der Waals surface area contributed by atoms with Gasteiger partial charge in [-0.05, 0) is 28.7 Å². The molecule has 0 amide bonds. The Balaban J connectivity index is 1.97. The molecule has 0 bridgehead atoms. The first-order valence-corrected chi connectivity index (χ1v) is 10.2. The summed E-state index contributed by atoms with van der Waals surface area (Å²) in [5, 5.41) is 20.0. The zero-order valence-electron chi connectivity index (χ0n) is 16.5. The molecule has 2 N–H and O–H groups in total. The van der Waals surface area contributed by atoms with Crippen LogP contribution >= 0.6 is 0 Å². The molecule has 3 heteroatoms. The van der Waals surface area contributed by atoms with Crippen LogP contribution in [0.4, 0.5) is 0 Å². The number of hydrogen-bond donors (Lipinski definition) is 2. The summed E-state index contributed by atoms with van der Waals surface area (Å²) in [7, 11) is 0. The van der Waals surface area contributed by atoms with Crippen molar-refractivity contribution < 1.29 is 10.2 Å². The molecular formula is C26H27NO2. The lowest BCUT2D eigenvalue weighted by Crippen LogP contribution is -2.53. The van der Waals surface area contributed by atoms with Crippen LogP contribution in [-0.2, 0) is 5.54 Å². The molecule has 0 aromatic heterocycles. The monoisotopic (exact) mass is 385 g/mol. The van der Waals surface area contributed by atoms with E-state index in [1.54, 1.807) is 6.08 Å². The van der Waals surface area contributed by atoms with Crippen LogP contribution < -0.4 is 0 Å². The number of likely N-dealkylation sites (tertiary alicyclic amines) is 1. The minimum absolute atomic E-state index is 0.0603. The van der Waals surface area contributed by atoms with E-state index in [1.165, 1.54) is 16.7 Å². The maximum Gasteiger partial charge on any atom is 0.0975 e. The predicted molar refractivity (Wildman–Crippen MR) is 117 cm³/mol. The van der Waals surface area contributed by atoms with E-state index in [2.05, 4.69) is 77.7 Å². The summed E-state index contributed by atoms with van der Waals surface area (Å²) in [5.41, 5.74) is 3.97. The Hall–Kier alpha value is -2.72. The second-order valence-electron chi connectivity index (χ2n) is 7.50. The van der Waals surface area contributed by atoms with Crippen molar-refractivity contribution in [2.75, 3.05) is 19.7 Å². The molecular weight excluding hydrogens is 358 g/mol. The van der Waals surface area contributed by atoms with Gasteiger partial charge in [-0.15, -0.1) is 0 Å². The fourth-order valence-corrected chi connectivity index (χ4v) is 4.56. The molecule has 3 nitrogen and oxygen atoms in total. The van der Waals surface area contributed by atoms with E-state index in [1.807, 2.05) is 18.2 Å². The lowest BCUT2D eigenvalue weighted by atomic mass is 9.74. The van der Waals surface area contributed by atoms with Gasteiger partial charge in [-0.1, -0.05) is 97.1 Å². The lowest BCUT2D eigenvalue weighted by Gasteiger charge is -2.48. The van der Waals surface area contributed by atoms with Crippen molar-refractivity contribution in [3.05, 3.63) is 119 Å². The number of benzene rings is 3. The van der Waals surface area contributed by atoms with Crippen LogP contribution in [-0.4, -0.2) is 40.9 Å². The van der Waals surface area contributed by atoms with Crippen LogP contribution in [0, 0.1) is 0 Å². The first-order chi connectivity index (χ1) is 14.3. The molecule has 1 aliphatic rings. The highest BCUT2D eigenvalue weighted by Crippen LogP contribution is 2.44. The molecule has 1 atom stereocenters. The van der Waals surface area contributed by atoms with E-state index in [0.29, 0.717) is 13.0 Å². The Kier molecular flexibility index (Phi) is 5.91. The Labute approximate surface area is 172 Å². The summed E-state index contributed by atoms with van der Waals surface area (Å²) in [6.07, 6.45) is 1.89. The standard InChI is InChI=1S/C26H27NO2/c28-19-17-21-20-27(18-16-25(21)29)26(22-10-4-1-5-11-22,23-12-6-2-7-13-23)24-14-8-3-9-15-24/h1-15,17,25,28-29H,16,18-20H2. The second-order valence-corrected chi connectivity index (χ2v) is 7.50. The second kappa shape index (κ2) is 8.75. The van der Waals surface area contributed by atoms with Gasteiger partial charge in [0.2, 0.25) is 0 Å². The fourth-order valence-electron chi connectivity index (χ4n) is 4.56. The number of aliphatic hydroxyl groups is 2. The largest absolute Gasteiger partial charge is 0.392 e. The SMILES string of the molecule is OCC=C1CN(C(c2ccccc2)(c2ccccc2)c2ccccc2)CCC1O. The average molecular weight is 386 g/mol. The molecule has 4 rings (SSSR count). The maximum absolute atomic E-state index is 10.5. The van der Waals surface area contributed by atoms with Crippen LogP contribution in [0.2, 0.25) is 0 Å². The Morgan fingerprint density at radius 1 is 0.793 bits per heavy atom. The highest BCUT2D eigenvalue weighted by Gasteiger charge is 2.43. The highest BCUT2D eigenvalue weighted by atomic mass is 16.3. The Morgan fingerprint density at radius 3 is 1.66 bits per heavy atom. The zero-order chi connectivity index (χ0) is 20.1. The van der Waals surface area contributed by atoms with E-state index in [-0.39, 0.29) is 6.61 Å². The van der Waals surface area contributed by atoms with Gasteiger partial charge in [0, 0.05) is 13.1 Å². The van der Waals surface area contributed by atoms with Crippen molar-refractivity contribution in [1.29, 1.82) is 0 Å². The van der Waals surface area contributed by atoms with Gasteiger partial charge >= 0.3 is 0 Å². The number of rotatable bonds is 5. The van der Waals surface area contributed by atoms with Crippen molar-refractivity contribution in [3.63, 3.8) is 0 Å². The van der Waals surface area contributed by atoms with Gasteiger partial charge in [0.05, 0.1) is 18.2 Å². The van der Waals surface area contributed by atoms with Crippen molar-refractivity contribution in [2.24, 2.45) is 0 Å². The third-order valence-electron chi connectivity index (χ3n) is 5.88. The Morgan fingerprint density at radius 2 is 1.24 bits per heavy atom. The normalized spacial score (nSPS) is 19.4. The molecule has 1 heterocycles. The maximum atomic E-state index is 10.5. The molecule has 148 valence electrons. The number of aliphatic hydroxyl groups excluding tert-OH is 2. The number of nitrogens with zero attached hydrogens (tertiary/aromatic N) is 1. The fraction of sp³-hybridized carbons (Fsp3) is 0.231.